The highest BCUT2D eigenvalue weighted by molar-refractivity contribution is 5.76. The van der Waals surface area contributed by atoms with Crippen LogP contribution in [-0.2, 0) is 0 Å². The molecule has 0 heterocycles. The van der Waals surface area contributed by atoms with Crippen LogP contribution in [0.3, 0.4) is 0 Å². The lowest BCUT2D eigenvalue weighted by atomic mass is 10.2. The number of aldehydes is 1. The standard InChI is InChI=1S/C8H9NO.C7H8/c1-9-8-4-2-3-7(5-8)6-10;1-7-5-3-2-4-6-7/h2-6,9H,1H3;2-6H,1H3. The van der Waals surface area contributed by atoms with E-state index in [2.05, 4.69) is 24.4 Å². The van der Waals surface area contributed by atoms with E-state index in [1.54, 1.807) is 12.1 Å². The second kappa shape index (κ2) is 7.23. The van der Waals surface area contributed by atoms with Gasteiger partial charge in [-0.1, -0.05) is 48.0 Å². The number of nitrogens with one attached hydrogen (secondary N) is 1. The highest BCUT2D eigenvalue weighted by Crippen LogP contribution is 2.06. The van der Waals surface area contributed by atoms with Gasteiger partial charge < -0.3 is 5.32 Å². The van der Waals surface area contributed by atoms with Gasteiger partial charge in [0, 0.05) is 18.3 Å². The maximum absolute atomic E-state index is 10.2. The number of carbonyl (C=O) groups is 1. The maximum atomic E-state index is 10.2. The van der Waals surface area contributed by atoms with E-state index in [9.17, 15) is 4.79 Å². The number of aryl methyl sites for hydroxylation is 1. The summed E-state index contributed by atoms with van der Waals surface area (Å²) in [5.41, 5.74) is 2.99. The molecular formula is C15H17NO. The molecule has 17 heavy (non-hydrogen) atoms. The Morgan fingerprint density at radius 2 is 1.71 bits per heavy atom. The fraction of sp³-hybridized carbons (Fsp3) is 0.133. The number of anilines is 1. The van der Waals surface area contributed by atoms with E-state index in [4.69, 9.17) is 0 Å². The van der Waals surface area contributed by atoms with E-state index < -0.39 is 0 Å². The zero-order chi connectivity index (χ0) is 12.5. The van der Waals surface area contributed by atoms with Gasteiger partial charge in [0.1, 0.15) is 6.29 Å². The molecule has 0 atom stereocenters. The highest BCUT2D eigenvalue weighted by Gasteiger charge is 1.89. The molecule has 2 nitrogen and oxygen atoms in total. The average Bonchev–Trinajstić information content (AvgIpc) is 2.40. The second-order valence-electron chi connectivity index (χ2n) is 3.65. The summed E-state index contributed by atoms with van der Waals surface area (Å²) < 4.78 is 0. The number of carbonyl (C=O) groups excluding carboxylic acids is 1. The highest BCUT2D eigenvalue weighted by atomic mass is 16.1. The van der Waals surface area contributed by atoms with Gasteiger partial charge in [-0.2, -0.15) is 0 Å². The van der Waals surface area contributed by atoms with Crippen LogP contribution in [0, 0.1) is 6.92 Å². The molecule has 0 aromatic heterocycles. The molecule has 2 heteroatoms. The van der Waals surface area contributed by atoms with Crippen LogP contribution in [0.5, 0.6) is 0 Å². The average molecular weight is 227 g/mol. The minimum atomic E-state index is 0.701. The summed E-state index contributed by atoms with van der Waals surface area (Å²) in [5, 5.41) is 2.94. The number of benzene rings is 2. The Kier molecular flexibility index (Phi) is 5.52. The van der Waals surface area contributed by atoms with Crippen LogP contribution < -0.4 is 5.32 Å². The Hall–Kier alpha value is -2.09. The van der Waals surface area contributed by atoms with Gasteiger partial charge in [-0.25, -0.2) is 0 Å². The van der Waals surface area contributed by atoms with Gasteiger partial charge in [-0.3, -0.25) is 4.79 Å². The molecule has 88 valence electrons. The quantitative estimate of drug-likeness (QED) is 0.795. The van der Waals surface area contributed by atoms with Crippen molar-refractivity contribution in [1.29, 1.82) is 0 Å². The molecule has 0 unspecified atom stereocenters. The minimum absolute atomic E-state index is 0.701. The topological polar surface area (TPSA) is 29.1 Å². The molecule has 2 aromatic carbocycles. The Balaban J connectivity index is 0.000000181. The summed E-state index contributed by atoms with van der Waals surface area (Å²) in [6.07, 6.45) is 0.834. The third kappa shape index (κ3) is 4.98. The molecule has 1 N–H and O–H groups in total. The molecule has 0 aliphatic rings. The van der Waals surface area contributed by atoms with Crippen LogP contribution in [0.1, 0.15) is 15.9 Å². The molecule has 0 fully saturated rings. The minimum Gasteiger partial charge on any atom is -0.388 e. The number of hydrogen-bond acceptors (Lipinski definition) is 2. The van der Waals surface area contributed by atoms with Crippen molar-refractivity contribution >= 4 is 12.0 Å². The Bertz CT molecular complexity index is 451. The van der Waals surface area contributed by atoms with Gasteiger partial charge in [0.2, 0.25) is 0 Å². The first kappa shape index (κ1) is 13.0. The summed E-state index contributed by atoms with van der Waals surface area (Å²) in [7, 11) is 1.82. The molecule has 0 aliphatic heterocycles. The Morgan fingerprint density at radius 1 is 1.00 bits per heavy atom. The van der Waals surface area contributed by atoms with E-state index in [-0.39, 0.29) is 0 Å². The van der Waals surface area contributed by atoms with Crippen molar-refractivity contribution in [2.75, 3.05) is 12.4 Å². The Labute approximate surface area is 102 Å². The van der Waals surface area contributed by atoms with Gasteiger partial charge in [-0.05, 0) is 19.1 Å². The smallest absolute Gasteiger partial charge is 0.150 e. The van der Waals surface area contributed by atoms with Gasteiger partial charge in [-0.15, -0.1) is 0 Å². The molecule has 0 bridgehead atoms. The van der Waals surface area contributed by atoms with Gasteiger partial charge in [0.15, 0.2) is 0 Å². The largest absolute Gasteiger partial charge is 0.388 e. The predicted molar refractivity (Wildman–Crippen MR) is 72.6 cm³/mol. The lowest BCUT2D eigenvalue weighted by Gasteiger charge is -1.97. The van der Waals surface area contributed by atoms with Crippen molar-refractivity contribution in [3.63, 3.8) is 0 Å². The van der Waals surface area contributed by atoms with Crippen molar-refractivity contribution in [2.24, 2.45) is 0 Å². The van der Waals surface area contributed by atoms with Gasteiger partial charge in [0.25, 0.3) is 0 Å². The van der Waals surface area contributed by atoms with Crippen molar-refractivity contribution in [3.8, 4) is 0 Å². The van der Waals surface area contributed by atoms with E-state index in [0.717, 1.165) is 12.0 Å². The summed E-state index contributed by atoms with van der Waals surface area (Å²) in [5.74, 6) is 0. The zero-order valence-electron chi connectivity index (χ0n) is 10.2. The van der Waals surface area contributed by atoms with Gasteiger partial charge >= 0.3 is 0 Å². The molecule has 2 rings (SSSR count). The SMILES string of the molecule is CNc1cccc(C=O)c1.Cc1ccccc1. The fourth-order valence-corrected chi connectivity index (χ4v) is 1.30. The van der Waals surface area contributed by atoms with Crippen molar-refractivity contribution < 1.29 is 4.79 Å². The molecule has 0 saturated heterocycles. The molecule has 0 radical (unpaired) electrons. The summed E-state index contributed by atoms with van der Waals surface area (Å²) >= 11 is 0. The van der Waals surface area contributed by atoms with Crippen molar-refractivity contribution in [2.45, 2.75) is 6.92 Å². The first-order valence-corrected chi connectivity index (χ1v) is 5.51. The molecule has 0 spiro atoms. The molecule has 0 aliphatic carbocycles. The van der Waals surface area contributed by atoms with Gasteiger partial charge in [0.05, 0.1) is 0 Å². The van der Waals surface area contributed by atoms with Crippen LogP contribution in [0.2, 0.25) is 0 Å². The second-order valence-corrected chi connectivity index (χ2v) is 3.65. The van der Waals surface area contributed by atoms with E-state index in [1.165, 1.54) is 5.56 Å². The fourth-order valence-electron chi connectivity index (χ4n) is 1.30. The van der Waals surface area contributed by atoms with E-state index in [1.807, 2.05) is 37.4 Å². The molecule has 0 amide bonds. The van der Waals surface area contributed by atoms with Crippen molar-refractivity contribution in [1.82, 2.24) is 0 Å². The third-order valence-corrected chi connectivity index (χ3v) is 2.25. The normalized spacial score (nSPS) is 8.82. The number of rotatable bonds is 2. The molecule has 2 aromatic rings. The van der Waals surface area contributed by atoms with Crippen LogP contribution in [0.4, 0.5) is 5.69 Å². The monoisotopic (exact) mass is 227 g/mol. The zero-order valence-corrected chi connectivity index (χ0v) is 10.2. The van der Waals surface area contributed by atoms with Crippen molar-refractivity contribution in [3.05, 3.63) is 65.7 Å². The molecule has 0 saturated carbocycles. The van der Waals surface area contributed by atoms with Crippen LogP contribution >= 0.6 is 0 Å². The van der Waals surface area contributed by atoms with E-state index in [0.29, 0.717) is 5.56 Å². The van der Waals surface area contributed by atoms with Crippen LogP contribution in [-0.4, -0.2) is 13.3 Å². The predicted octanol–water partition coefficient (Wildman–Crippen LogP) is 3.54. The first-order chi connectivity index (χ1) is 8.26. The Morgan fingerprint density at radius 3 is 2.18 bits per heavy atom. The van der Waals surface area contributed by atoms with Crippen LogP contribution in [0.25, 0.3) is 0 Å². The summed E-state index contributed by atoms with van der Waals surface area (Å²) in [4.78, 5) is 10.2. The maximum Gasteiger partial charge on any atom is 0.150 e. The van der Waals surface area contributed by atoms with Crippen LogP contribution in [0.15, 0.2) is 54.6 Å². The number of hydrogen-bond donors (Lipinski definition) is 1. The summed E-state index contributed by atoms with van der Waals surface area (Å²) in [6, 6.07) is 17.6. The lowest BCUT2D eigenvalue weighted by molar-refractivity contribution is 0.112. The lowest BCUT2D eigenvalue weighted by Crippen LogP contribution is -1.88. The van der Waals surface area contributed by atoms with E-state index >= 15 is 0 Å². The summed E-state index contributed by atoms with van der Waals surface area (Å²) in [6.45, 7) is 2.08. The first-order valence-electron chi connectivity index (χ1n) is 5.51. The third-order valence-electron chi connectivity index (χ3n) is 2.25. The molecular weight excluding hydrogens is 210 g/mol.